The number of fused-ring (bicyclic) bond motifs is 1. The highest BCUT2D eigenvalue weighted by Crippen LogP contribution is 2.42. The van der Waals surface area contributed by atoms with E-state index in [0.29, 0.717) is 24.4 Å². The van der Waals surface area contributed by atoms with Crippen molar-refractivity contribution in [3.05, 3.63) is 71.7 Å². The van der Waals surface area contributed by atoms with Crippen LogP contribution in [0.25, 0.3) is 16.9 Å². The molecule has 3 aliphatic rings. The molecule has 7 heteroatoms. The maximum absolute atomic E-state index is 13.0. The first kappa shape index (κ1) is 19.0. The summed E-state index contributed by atoms with van der Waals surface area (Å²) in [7, 11) is 0. The largest absolute Gasteiger partial charge is 0.322 e. The minimum atomic E-state index is -0.604. The Balaban J connectivity index is 1.36. The van der Waals surface area contributed by atoms with Gasteiger partial charge in [0, 0.05) is 35.7 Å². The average molecular weight is 426 g/mol. The van der Waals surface area contributed by atoms with Gasteiger partial charge in [0.1, 0.15) is 11.9 Å². The third-order valence-corrected chi connectivity index (χ3v) is 6.57. The molecule has 1 aliphatic carbocycles. The molecule has 3 heterocycles. The predicted octanol–water partition coefficient (Wildman–Crippen LogP) is 3.18. The lowest BCUT2D eigenvalue weighted by molar-refractivity contribution is -0.136. The fraction of sp³-hybridized carbons (Fsp3) is 0.280. The number of hydrogen-bond acceptors (Lipinski definition) is 4. The summed E-state index contributed by atoms with van der Waals surface area (Å²) >= 11 is 0. The number of nitrogens with one attached hydrogen (secondary N) is 1. The number of para-hydroxylation sites is 1. The number of imide groups is 1. The van der Waals surface area contributed by atoms with Gasteiger partial charge < -0.3 is 4.90 Å². The van der Waals surface area contributed by atoms with Crippen molar-refractivity contribution in [1.82, 2.24) is 19.8 Å². The van der Waals surface area contributed by atoms with E-state index in [0.717, 1.165) is 41.2 Å². The molecule has 0 radical (unpaired) electrons. The van der Waals surface area contributed by atoms with Crippen molar-refractivity contribution in [2.75, 3.05) is 0 Å². The number of amides is 3. The zero-order valence-electron chi connectivity index (χ0n) is 17.5. The predicted molar refractivity (Wildman–Crippen MR) is 117 cm³/mol. The Labute approximate surface area is 185 Å². The van der Waals surface area contributed by atoms with Crippen LogP contribution >= 0.6 is 0 Å². The van der Waals surface area contributed by atoms with Crippen LogP contribution in [-0.4, -0.2) is 38.2 Å². The third-order valence-electron chi connectivity index (χ3n) is 6.57. The molecule has 32 heavy (non-hydrogen) atoms. The van der Waals surface area contributed by atoms with E-state index in [-0.39, 0.29) is 24.1 Å². The number of piperidine rings is 1. The van der Waals surface area contributed by atoms with E-state index in [9.17, 15) is 14.4 Å². The lowest BCUT2D eigenvalue weighted by Gasteiger charge is -2.29. The molecule has 6 rings (SSSR count). The van der Waals surface area contributed by atoms with Crippen LogP contribution in [-0.2, 0) is 16.1 Å². The standard InChI is InChI=1S/C25H22N4O3/c30-22-11-10-20(24(31)27-22)28-14-17-12-16(8-9-19(17)25(28)32)21-13-26-23(15-6-7-15)29(21)18-4-2-1-3-5-18/h1-5,8-9,12-13,15,20H,6-7,10-11,14H2,(H,27,30,31). The van der Waals surface area contributed by atoms with Gasteiger partial charge in [0.25, 0.3) is 5.91 Å². The lowest BCUT2D eigenvalue weighted by Crippen LogP contribution is -2.52. The number of aromatic nitrogens is 2. The number of hydrogen-bond donors (Lipinski definition) is 1. The maximum atomic E-state index is 13.0. The molecule has 1 saturated carbocycles. The van der Waals surface area contributed by atoms with E-state index in [4.69, 9.17) is 4.98 Å². The number of benzene rings is 2. The topological polar surface area (TPSA) is 84.3 Å². The van der Waals surface area contributed by atoms with Crippen molar-refractivity contribution >= 4 is 17.7 Å². The minimum Gasteiger partial charge on any atom is -0.322 e. The summed E-state index contributed by atoms with van der Waals surface area (Å²) < 4.78 is 2.22. The van der Waals surface area contributed by atoms with Crippen LogP contribution in [0.2, 0.25) is 0 Å². The van der Waals surface area contributed by atoms with E-state index < -0.39 is 6.04 Å². The summed E-state index contributed by atoms with van der Waals surface area (Å²) in [4.78, 5) is 43.1. The van der Waals surface area contributed by atoms with Gasteiger partial charge in [-0.25, -0.2) is 4.98 Å². The molecule has 2 aliphatic heterocycles. The fourth-order valence-electron chi connectivity index (χ4n) is 4.78. The van der Waals surface area contributed by atoms with Crippen LogP contribution in [0.15, 0.2) is 54.7 Å². The molecular formula is C25H22N4O3. The Bertz CT molecular complexity index is 1260. The lowest BCUT2D eigenvalue weighted by atomic mass is 10.0. The SMILES string of the molecule is O=C1CCC(N2Cc3cc(-c4cnc(C5CC5)n4-c4ccccc4)ccc3C2=O)C(=O)N1. The van der Waals surface area contributed by atoms with Gasteiger partial charge in [0.05, 0.1) is 11.9 Å². The van der Waals surface area contributed by atoms with Crippen LogP contribution in [0.5, 0.6) is 0 Å². The van der Waals surface area contributed by atoms with Crippen molar-refractivity contribution in [3.63, 3.8) is 0 Å². The van der Waals surface area contributed by atoms with E-state index in [2.05, 4.69) is 22.0 Å². The monoisotopic (exact) mass is 426 g/mol. The summed E-state index contributed by atoms with van der Waals surface area (Å²) in [6, 6.07) is 15.4. The molecule has 2 fully saturated rings. The summed E-state index contributed by atoms with van der Waals surface area (Å²) in [6.45, 7) is 0.364. The van der Waals surface area contributed by atoms with E-state index in [1.807, 2.05) is 42.6 Å². The first-order chi connectivity index (χ1) is 15.6. The molecule has 3 amide bonds. The van der Waals surface area contributed by atoms with Crippen LogP contribution in [0, 0.1) is 0 Å². The van der Waals surface area contributed by atoms with Gasteiger partial charge in [-0.3, -0.25) is 24.3 Å². The first-order valence-electron chi connectivity index (χ1n) is 11.0. The number of carbonyl (C=O) groups is 3. The third kappa shape index (κ3) is 3.04. The molecule has 0 spiro atoms. The Morgan fingerprint density at radius 3 is 2.53 bits per heavy atom. The molecule has 1 atom stereocenters. The normalized spacial score (nSPS) is 20.4. The summed E-state index contributed by atoms with van der Waals surface area (Å²) in [5, 5.41) is 2.35. The van der Waals surface area contributed by atoms with Crippen LogP contribution in [0.4, 0.5) is 0 Å². The highest BCUT2D eigenvalue weighted by Gasteiger charge is 2.39. The molecule has 7 nitrogen and oxygen atoms in total. The molecule has 1 N–H and O–H groups in total. The average Bonchev–Trinajstić information content (AvgIpc) is 3.47. The Morgan fingerprint density at radius 2 is 1.78 bits per heavy atom. The van der Waals surface area contributed by atoms with Crippen LogP contribution < -0.4 is 5.32 Å². The smallest absolute Gasteiger partial charge is 0.255 e. The Morgan fingerprint density at radius 1 is 0.969 bits per heavy atom. The second kappa shape index (κ2) is 7.15. The van der Waals surface area contributed by atoms with Crippen molar-refractivity contribution in [3.8, 4) is 16.9 Å². The number of imidazole rings is 1. The van der Waals surface area contributed by atoms with Crippen molar-refractivity contribution in [1.29, 1.82) is 0 Å². The van der Waals surface area contributed by atoms with E-state index >= 15 is 0 Å². The fourth-order valence-corrected chi connectivity index (χ4v) is 4.78. The van der Waals surface area contributed by atoms with Gasteiger partial charge in [-0.1, -0.05) is 24.3 Å². The molecule has 3 aromatic rings. The zero-order valence-corrected chi connectivity index (χ0v) is 17.5. The Hall–Kier alpha value is -3.74. The van der Waals surface area contributed by atoms with Gasteiger partial charge >= 0.3 is 0 Å². The molecule has 1 aromatic heterocycles. The molecular weight excluding hydrogens is 404 g/mol. The van der Waals surface area contributed by atoms with Gasteiger partial charge in [-0.05, 0) is 49.1 Å². The Kier molecular flexibility index (Phi) is 4.24. The number of carbonyl (C=O) groups excluding carboxylic acids is 3. The minimum absolute atomic E-state index is 0.156. The molecule has 0 bridgehead atoms. The second-order valence-electron chi connectivity index (χ2n) is 8.72. The van der Waals surface area contributed by atoms with Crippen LogP contribution in [0.1, 0.15) is 53.3 Å². The molecule has 1 unspecified atom stereocenters. The molecule has 160 valence electrons. The van der Waals surface area contributed by atoms with Gasteiger partial charge in [-0.2, -0.15) is 0 Å². The van der Waals surface area contributed by atoms with Crippen molar-refractivity contribution in [2.45, 2.75) is 44.2 Å². The van der Waals surface area contributed by atoms with Crippen molar-refractivity contribution in [2.24, 2.45) is 0 Å². The van der Waals surface area contributed by atoms with E-state index in [1.165, 1.54) is 0 Å². The molecule has 2 aromatic carbocycles. The second-order valence-corrected chi connectivity index (χ2v) is 8.72. The summed E-state index contributed by atoms with van der Waals surface area (Å²) in [5.74, 6) is 0.740. The van der Waals surface area contributed by atoms with Gasteiger partial charge in [0.2, 0.25) is 11.8 Å². The van der Waals surface area contributed by atoms with Crippen molar-refractivity contribution < 1.29 is 14.4 Å². The molecule has 1 saturated heterocycles. The van der Waals surface area contributed by atoms with E-state index in [1.54, 1.807) is 4.90 Å². The van der Waals surface area contributed by atoms with Gasteiger partial charge in [0.15, 0.2) is 0 Å². The quantitative estimate of drug-likeness (QED) is 0.650. The number of rotatable bonds is 4. The number of nitrogens with zero attached hydrogens (tertiary/aromatic N) is 3. The summed E-state index contributed by atoms with van der Waals surface area (Å²) in [6.07, 6.45) is 4.84. The maximum Gasteiger partial charge on any atom is 0.255 e. The highest BCUT2D eigenvalue weighted by atomic mass is 16.2. The highest BCUT2D eigenvalue weighted by molar-refractivity contribution is 6.05. The van der Waals surface area contributed by atoms with Gasteiger partial charge in [-0.15, -0.1) is 0 Å². The summed E-state index contributed by atoms with van der Waals surface area (Å²) in [5.41, 5.74) is 4.57. The van der Waals surface area contributed by atoms with Crippen LogP contribution in [0.3, 0.4) is 0 Å². The first-order valence-corrected chi connectivity index (χ1v) is 11.0. The zero-order chi connectivity index (χ0) is 21.8.